The second-order valence-electron chi connectivity index (χ2n) is 5.44. The Morgan fingerprint density at radius 1 is 0.889 bits per heavy atom. The lowest BCUT2D eigenvalue weighted by Crippen LogP contribution is -2.51. The molecular weight excluding hydrogens is 412 g/mol. The van der Waals surface area contributed by atoms with E-state index in [2.05, 4.69) is 4.18 Å². The van der Waals surface area contributed by atoms with E-state index >= 15 is 0 Å². The van der Waals surface area contributed by atoms with Crippen molar-refractivity contribution in [2.45, 2.75) is 35.7 Å². The second kappa shape index (κ2) is 6.89. The molecule has 0 aromatic heterocycles. The van der Waals surface area contributed by atoms with Gasteiger partial charge in [0.1, 0.15) is 4.90 Å². The molecule has 3 nitrogen and oxygen atoms in total. The lowest BCUT2D eigenvalue weighted by Gasteiger charge is -2.28. The van der Waals surface area contributed by atoms with Gasteiger partial charge in [-0.15, -0.1) is 0 Å². The predicted octanol–water partition coefficient (Wildman–Crippen LogP) is 5.06. The van der Waals surface area contributed by atoms with Crippen LogP contribution in [0.4, 0.5) is 35.1 Å². The molecule has 2 aromatic carbocycles. The van der Waals surface area contributed by atoms with Gasteiger partial charge in [0.05, 0.1) is 6.42 Å². The van der Waals surface area contributed by atoms with Gasteiger partial charge in [-0.05, 0) is 11.5 Å². The SMILES string of the molecule is O=S(=O)(OC(F)(F)C(F)(F)C(F)CC(F)(F)F)c1cccc2ccccc12. The van der Waals surface area contributed by atoms with E-state index in [9.17, 15) is 43.5 Å². The lowest BCUT2D eigenvalue weighted by atomic mass is 10.1. The average molecular weight is 422 g/mol. The fourth-order valence-corrected chi connectivity index (χ4v) is 3.34. The van der Waals surface area contributed by atoms with Crippen LogP contribution >= 0.6 is 0 Å². The Labute approximate surface area is 147 Å². The van der Waals surface area contributed by atoms with Gasteiger partial charge in [0.15, 0.2) is 6.17 Å². The van der Waals surface area contributed by atoms with Gasteiger partial charge in [0.25, 0.3) is 0 Å². The average Bonchev–Trinajstić information content (AvgIpc) is 2.51. The van der Waals surface area contributed by atoms with Crippen LogP contribution < -0.4 is 0 Å². The summed E-state index contributed by atoms with van der Waals surface area (Å²) in [6, 6.07) is 8.64. The number of rotatable bonds is 6. The summed E-state index contributed by atoms with van der Waals surface area (Å²) in [6.45, 7) is 0. The van der Waals surface area contributed by atoms with Crippen LogP contribution in [-0.2, 0) is 14.3 Å². The lowest BCUT2D eigenvalue weighted by molar-refractivity contribution is -0.332. The van der Waals surface area contributed by atoms with Crippen LogP contribution in [0.25, 0.3) is 10.8 Å². The van der Waals surface area contributed by atoms with Crippen molar-refractivity contribution in [2.24, 2.45) is 0 Å². The predicted molar refractivity (Wildman–Crippen MR) is 77.7 cm³/mol. The van der Waals surface area contributed by atoms with E-state index in [4.69, 9.17) is 0 Å². The van der Waals surface area contributed by atoms with Crippen LogP contribution in [0.5, 0.6) is 0 Å². The van der Waals surface area contributed by atoms with Crippen molar-refractivity contribution in [1.82, 2.24) is 0 Å². The molecule has 27 heavy (non-hydrogen) atoms. The van der Waals surface area contributed by atoms with Gasteiger partial charge in [-0.1, -0.05) is 36.4 Å². The number of hydrogen-bond acceptors (Lipinski definition) is 3. The van der Waals surface area contributed by atoms with Crippen molar-refractivity contribution < 1.29 is 47.7 Å². The molecule has 0 saturated heterocycles. The van der Waals surface area contributed by atoms with E-state index in [1.807, 2.05) is 0 Å². The highest BCUT2D eigenvalue weighted by Gasteiger charge is 2.67. The summed E-state index contributed by atoms with van der Waals surface area (Å²) in [5.41, 5.74) is 0. The largest absolute Gasteiger partial charge is 0.436 e. The standard InChI is InChI=1S/C15H10F8O3S/c16-12(8-13(17,18)19)14(20,21)15(22,23)26-27(24,25)11-7-3-5-9-4-1-2-6-10(9)11/h1-7,12H,8H2. The smallest absolute Gasteiger partial charge is 0.240 e. The molecule has 0 spiro atoms. The van der Waals surface area contributed by atoms with Crippen molar-refractivity contribution in [1.29, 1.82) is 0 Å². The quantitative estimate of drug-likeness (QED) is 0.483. The minimum absolute atomic E-state index is 0.161. The van der Waals surface area contributed by atoms with Crippen LogP contribution in [0.2, 0.25) is 0 Å². The molecule has 0 bridgehead atoms. The molecule has 1 atom stereocenters. The molecule has 1 unspecified atom stereocenters. The highest BCUT2D eigenvalue weighted by molar-refractivity contribution is 7.87. The van der Waals surface area contributed by atoms with E-state index in [1.165, 1.54) is 30.3 Å². The van der Waals surface area contributed by atoms with Gasteiger partial charge < -0.3 is 0 Å². The third-order valence-electron chi connectivity index (χ3n) is 3.43. The monoisotopic (exact) mass is 422 g/mol. The number of halogens is 8. The van der Waals surface area contributed by atoms with Crippen LogP contribution in [0, 0.1) is 0 Å². The molecule has 0 heterocycles. The number of fused-ring (bicyclic) bond motifs is 1. The maximum Gasteiger partial charge on any atom is 0.436 e. The van der Waals surface area contributed by atoms with Crippen LogP contribution in [0.15, 0.2) is 47.4 Å². The highest BCUT2D eigenvalue weighted by atomic mass is 32.2. The highest BCUT2D eigenvalue weighted by Crippen LogP contribution is 2.44. The molecule has 0 radical (unpaired) electrons. The van der Waals surface area contributed by atoms with Gasteiger partial charge in [-0.3, -0.25) is 0 Å². The third-order valence-corrected chi connectivity index (χ3v) is 4.75. The van der Waals surface area contributed by atoms with Gasteiger partial charge in [-0.2, -0.15) is 43.3 Å². The van der Waals surface area contributed by atoms with Crippen molar-refractivity contribution in [3.8, 4) is 0 Å². The number of hydrogen-bond donors (Lipinski definition) is 0. The topological polar surface area (TPSA) is 43.4 Å². The zero-order valence-corrected chi connectivity index (χ0v) is 13.8. The third kappa shape index (κ3) is 4.49. The molecular formula is C15H10F8O3S. The fourth-order valence-electron chi connectivity index (χ4n) is 2.17. The van der Waals surface area contributed by atoms with E-state index < -0.39 is 45.8 Å². The van der Waals surface area contributed by atoms with Crippen LogP contribution in [0.3, 0.4) is 0 Å². The minimum atomic E-state index is -6.06. The maximum atomic E-state index is 13.6. The van der Waals surface area contributed by atoms with E-state index in [-0.39, 0.29) is 10.8 Å². The Hall–Kier alpha value is -1.95. The molecule has 0 aliphatic heterocycles. The maximum absolute atomic E-state index is 13.6. The normalized spacial score (nSPS) is 15.1. The number of alkyl halides is 8. The molecule has 0 saturated carbocycles. The van der Waals surface area contributed by atoms with Gasteiger partial charge >= 0.3 is 28.3 Å². The second-order valence-corrected chi connectivity index (χ2v) is 6.96. The van der Waals surface area contributed by atoms with Crippen molar-refractivity contribution in [3.05, 3.63) is 42.5 Å². The molecule has 0 amide bonds. The molecule has 0 aliphatic rings. The molecule has 150 valence electrons. The van der Waals surface area contributed by atoms with Crippen molar-refractivity contribution in [3.63, 3.8) is 0 Å². The van der Waals surface area contributed by atoms with Crippen LogP contribution in [0.1, 0.15) is 6.42 Å². The molecule has 0 aliphatic carbocycles. The van der Waals surface area contributed by atoms with Crippen molar-refractivity contribution >= 4 is 20.9 Å². The zero-order chi connectivity index (χ0) is 20.7. The summed E-state index contributed by atoms with van der Waals surface area (Å²) in [4.78, 5) is -0.928. The molecule has 0 N–H and O–H groups in total. The Morgan fingerprint density at radius 3 is 2.04 bits per heavy atom. The summed E-state index contributed by atoms with van der Waals surface area (Å²) in [5, 5.41) is 0.0731. The zero-order valence-electron chi connectivity index (χ0n) is 13.0. The first-order chi connectivity index (χ1) is 12.2. The first-order valence-electron chi connectivity index (χ1n) is 7.07. The Morgan fingerprint density at radius 2 is 1.44 bits per heavy atom. The van der Waals surface area contributed by atoms with E-state index in [0.717, 1.165) is 12.1 Å². The van der Waals surface area contributed by atoms with Gasteiger partial charge in [-0.25, -0.2) is 4.39 Å². The summed E-state index contributed by atoms with van der Waals surface area (Å²) in [6.07, 6.45) is -18.9. The molecule has 12 heteroatoms. The van der Waals surface area contributed by atoms with Crippen molar-refractivity contribution in [2.75, 3.05) is 0 Å². The van der Waals surface area contributed by atoms with Gasteiger partial charge in [0, 0.05) is 5.39 Å². The molecule has 2 aromatic rings. The summed E-state index contributed by atoms with van der Waals surface area (Å²) < 4.78 is 131. The Bertz CT molecular complexity index is 919. The van der Waals surface area contributed by atoms with Gasteiger partial charge in [0.2, 0.25) is 0 Å². The molecule has 0 fully saturated rings. The van der Waals surface area contributed by atoms with E-state index in [1.54, 1.807) is 0 Å². The Kier molecular flexibility index (Phi) is 5.45. The number of benzene rings is 2. The summed E-state index contributed by atoms with van der Waals surface area (Å²) in [5.74, 6) is -6.06. The first-order valence-corrected chi connectivity index (χ1v) is 8.48. The molecule has 2 rings (SSSR count). The Balaban J connectivity index is 2.40. The summed E-state index contributed by atoms with van der Waals surface area (Å²) in [7, 11) is -5.58. The van der Waals surface area contributed by atoms with E-state index in [0.29, 0.717) is 0 Å². The minimum Gasteiger partial charge on any atom is -0.240 e. The summed E-state index contributed by atoms with van der Waals surface area (Å²) >= 11 is 0. The van der Waals surface area contributed by atoms with Crippen LogP contribution in [-0.4, -0.2) is 32.8 Å². The first kappa shape index (κ1) is 21.4. The fraction of sp³-hybridized carbons (Fsp3) is 0.333.